The maximum Gasteiger partial charge on any atom is 0.222 e. The zero-order valence-electron chi connectivity index (χ0n) is 12.6. The second kappa shape index (κ2) is 6.20. The van der Waals surface area contributed by atoms with E-state index in [1.807, 2.05) is 24.3 Å². The lowest BCUT2D eigenvalue weighted by molar-refractivity contribution is -0.129. The van der Waals surface area contributed by atoms with Crippen LogP contribution in [0.1, 0.15) is 50.8 Å². The predicted molar refractivity (Wildman–Crippen MR) is 78.0 cm³/mol. The molecule has 0 fully saturated rings. The number of aliphatic hydroxyl groups excluding tert-OH is 1. The van der Waals surface area contributed by atoms with Crippen molar-refractivity contribution in [3.8, 4) is 0 Å². The molecule has 0 saturated carbocycles. The van der Waals surface area contributed by atoms with E-state index in [1.165, 1.54) is 5.56 Å². The summed E-state index contributed by atoms with van der Waals surface area (Å²) >= 11 is 0. The van der Waals surface area contributed by atoms with Gasteiger partial charge in [0.2, 0.25) is 5.91 Å². The summed E-state index contributed by atoms with van der Waals surface area (Å²) in [6.07, 6.45) is 0.263. The van der Waals surface area contributed by atoms with Gasteiger partial charge in [-0.25, -0.2) is 0 Å². The maximum absolute atomic E-state index is 11.5. The van der Waals surface area contributed by atoms with E-state index in [-0.39, 0.29) is 11.3 Å². The van der Waals surface area contributed by atoms with Crippen LogP contribution in [0.25, 0.3) is 0 Å². The minimum absolute atomic E-state index is 0.0466. The lowest BCUT2D eigenvalue weighted by atomic mass is 9.86. The molecule has 0 aliphatic heterocycles. The Morgan fingerprint density at radius 2 is 1.74 bits per heavy atom. The first-order valence-corrected chi connectivity index (χ1v) is 6.70. The highest BCUT2D eigenvalue weighted by Gasteiger charge is 2.15. The molecule has 0 bridgehead atoms. The topological polar surface area (TPSA) is 40.5 Å². The summed E-state index contributed by atoms with van der Waals surface area (Å²) in [4.78, 5) is 13.0. The normalized spacial score (nSPS) is 13.2. The molecule has 1 aromatic carbocycles. The molecular weight excluding hydrogens is 238 g/mol. The third-order valence-electron chi connectivity index (χ3n) is 3.29. The van der Waals surface area contributed by atoms with Gasteiger partial charge in [-0.2, -0.15) is 0 Å². The Morgan fingerprint density at radius 1 is 1.21 bits per heavy atom. The number of aliphatic hydroxyl groups is 1. The zero-order chi connectivity index (χ0) is 14.6. The third kappa shape index (κ3) is 4.67. The van der Waals surface area contributed by atoms with E-state index < -0.39 is 6.10 Å². The van der Waals surface area contributed by atoms with Crippen molar-refractivity contribution < 1.29 is 9.90 Å². The molecule has 1 N–H and O–H groups in total. The molecule has 0 aliphatic rings. The van der Waals surface area contributed by atoms with E-state index in [2.05, 4.69) is 20.8 Å². The van der Waals surface area contributed by atoms with Crippen molar-refractivity contribution in [1.29, 1.82) is 0 Å². The van der Waals surface area contributed by atoms with Gasteiger partial charge in [0.1, 0.15) is 0 Å². The van der Waals surface area contributed by atoms with Crippen LogP contribution in [0.3, 0.4) is 0 Å². The van der Waals surface area contributed by atoms with Gasteiger partial charge in [-0.05, 0) is 23.0 Å². The average molecular weight is 263 g/mol. The fraction of sp³-hybridized carbons (Fsp3) is 0.562. The van der Waals surface area contributed by atoms with E-state index in [0.29, 0.717) is 12.8 Å². The molecule has 1 rings (SSSR count). The Hall–Kier alpha value is -1.35. The number of nitrogens with zero attached hydrogens (tertiary/aromatic N) is 1. The van der Waals surface area contributed by atoms with E-state index in [1.54, 1.807) is 19.0 Å². The lowest BCUT2D eigenvalue weighted by Gasteiger charge is -2.20. The Balaban J connectivity index is 2.63. The summed E-state index contributed by atoms with van der Waals surface area (Å²) in [5.74, 6) is 0.0466. The molecule has 1 atom stereocenters. The van der Waals surface area contributed by atoms with E-state index in [4.69, 9.17) is 0 Å². The molecule has 0 aromatic heterocycles. The quantitative estimate of drug-likeness (QED) is 0.907. The highest BCUT2D eigenvalue weighted by molar-refractivity contribution is 5.75. The summed E-state index contributed by atoms with van der Waals surface area (Å²) in [5.41, 5.74) is 2.23. The maximum atomic E-state index is 11.5. The van der Waals surface area contributed by atoms with Crippen LogP contribution >= 0.6 is 0 Å². The Bertz CT molecular complexity index is 415. The number of hydrogen-bond acceptors (Lipinski definition) is 2. The zero-order valence-corrected chi connectivity index (χ0v) is 12.6. The number of carbonyl (C=O) groups excluding carboxylic acids is 1. The molecule has 1 aromatic rings. The van der Waals surface area contributed by atoms with Gasteiger partial charge in [-0.3, -0.25) is 4.79 Å². The highest BCUT2D eigenvalue weighted by atomic mass is 16.3. The smallest absolute Gasteiger partial charge is 0.222 e. The molecule has 1 amide bonds. The van der Waals surface area contributed by atoms with Crippen LogP contribution in [0.2, 0.25) is 0 Å². The summed E-state index contributed by atoms with van der Waals surface area (Å²) in [7, 11) is 3.46. The number of amides is 1. The second-order valence-electron chi connectivity index (χ2n) is 6.21. The van der Waals surface area contributed by atoms with Crippen molar-refractivity contribution in [1.82, 2.24) is 4.90 Å². The van der Waals surface area contributed by atoms with Crippen molar-refractivity contribution in [2.75, 3.05) is 14.1 Å². The summed E-state index contributed by atoms with van der Waals surface area (Å²) in [6, 6.07) is 8.00. The molecule has 106 valence electrons. The van der Waals surface area contributed by atoms with Gasteiger partial charge in [0.25, 0.3) is 0 Å². The summed E-state index contributed by atoms with van der Waals surface area (Å²) < 4.78 is 0. The van der Waals surface area contributed by atoms with Gasteiger partial charge in [-0.1, -0.05) is 45.0 Å². The van der Waals surface area contributed by atoms with Crippen LogP contribution in [0.4, 0.5) is 0 Å². The van der Waals surface area contributed by atoms with Gasteiger partial charge < -0.3 is 10.0 Å². The van der Waals surface area contributed by atoms with Crippen LogP contribution < -0.4 is 0 Å². The minimum Gasteiger partial charge on any atom is -0.388 e. The Kier molecular flexibility index (Phi) is 5.12. The van der Waals surface area contributed by atoms with Crippen molar-refractivity contribution >= 4 is 5.91 Å². The minimum atomic E-state index is -0.571. The van der Waals surface area contributed by atoms with Crippen molar-refractivity contribution in [3.63, 3.8) is 0 Å². The van der Waals surface area contributed by atoms with Crippen molar-refractivity contribution in [2.45, 2.75) is 45.1 Å². The number of hydrogen-bond donors (Lipinski definition) is 1. The standard InChI is InChI=1S/C16H25NO2/c1-16(2,3)13-8-6-12(7-9-13)14(18)10-11-15(19)17(4)5/h6-9,14,18H,10-11H2,1-5H3. The second-order valence-corrected chi connectivity index (χ2v) is 6.21. The fourth-order valence-electron chi connectivity index (χ4n) is 1.86. The molecular formula is C16H25NO2. The highest BCUT2D eigenvalue weighted by Crippen LogP contribution is 2.25. The Labute approximate surface area is 116 Å². The molecule has 19 heavy (non-hydrogen) atoms. The predicted octanol–water partition coefficient (Wildman–Crippen LogP) is 2.89. The first kappa shape index (κ1) is 15.7. The molecule has 3 nitrogen and oxygen atoms in total. The number of rotatable bonds is 4. The van der Waals surface area contributed by atoms with Gasteiger partial charge in [0, 0.05) is 20.5 Å². The molecule has 0 aliphatic carbocycles. The van der Waals surface area contributed by atoms with E-state index in [0.717, 1.165) is 5.56 Å². The SMILES string of the molecule is CN(C)C(=O)CCC(O)c1ccc(C(C)(C)C)cc1. The van der Waals surface area contributed by atoms with Crippen molar-refractivity contribution in [3.05, 3.63) is 35.4 Å². The van der Waals surface area contributed by atoms with Crippen LogP contribution in [-0.4, -0.2) is 30.0 Å². The molecule has 0 radical (unpaired) electrons. The van der Waals surface area contributed by atoms with Gasteiger partial charge >= 0.3 is 0 Å². The van der Waals surface area contributed by atoms with E-state index in [9.17, 15) is 9.90 Å². The summed E-state index contributed by atoms with van der Waals surface area (Å²) in [6.45, 7) is 6.48. The molecule has 0 saturated heterocycles. The van der Waals surface area contributed by atoms with Crippen molar-refractivity contribution in [2.24, 2.45) is 0 Å². The lowest BCUT2D eigenvalue weighted by Crippen LogP contribution is -2.21. The summed E-state index contributed by atoms with van der Waals surface area (Å²) in [5, 5.41) is 10.1. The monoisotopic (exact) mass is 263 g/mol. The van der Waals surface area contributed by atoms with E-state index >= 15 is 0 Å². The van der Waals surface area contributed by atoms with Crippen LogP contribution in [0, 0.1) is 0 Å². The fourth-order valence-corrected chi connectivity index (χ4v) is 1.86. The van der Waals surface area contributed by atoms with Gasteiger partial charge in [-0.15, -0.1) is 0 Å². The van der Waals surface area contributed by atoms with Gasteiger partial charge in [0.15, 0.2) is 0 Å². The molecule has 0 spiro atoms. The molecule has 1 unspecified atom stereocenters. The first-order valence-electron chi connectivity index (χ1n) is 6.70. The first-order chi connectivity index (χ1) is 8.71. The van der Waals surface area contributed by atoms with Crippen LogP contribution in [-0.2, 0) is 10.2 Å². The molecule has 0 heterocycles. The average Bonchev–Trinajstić information content (AvgIpc) is 2.34. The van der Waals surface area contributed by atoms with Gasteiger partial charge in [0.05, 0.1) is 6.10 Å². The largest absolute Gasteiger partial charge is 0.388 e. The Morgan fingerprint density at radius 3 is 2.16 bits per heavy atom. The number of benzene rings is 1. The van der Waals surface area contributed by atoms with Crippen LogP contribution in [0.15, 0.2) is 24.3 Å². The third-order valence-corrected chi connectivity index (χ3v) is 3.29. The molecule has 3 heteroatoms. The number of carbonyl (C=O) groups is 1. The van der Waals surface area contributed by atoms with Crippen LogP contribution in [0.5, 0.6) is 0 Å².